The number of ether oxygens (including phenoxy) is 3. The second-order valence-electron chi connectivity index (χ2n) is 7.56. The summed E-state index contributed by atoms with van der Waals surface area (Å²) in [6.07, 6.45) is 0. The molecule has 0 spiro atoms. The fourth-order valence-electron chi connectivity index (χ4n) is 3.46. The minimum absolute atomic E-state index is 0.0651. The van der Waals surface area contributed by atoms with Crippen LogP contribution >= 0.6 is 11.8 Å². The van der Waals surface area contributed by atoms with E-state index in [1.165, 1.54) is 26.0 Å². The molecule has 0 fully saturated rings. The minimum Gasteiger partial charge on any atom is -0.496 e. The maximum atomic E-state index is 12.1. The predicted octanol–water partition coefficient (Wildman–Crippen LogP) is 5.14. The summed E-state index contributed by atoms with van der Waals surface area (Å²) in [5, 5.41) is 12.6. The fourth-order valence-corrected chi connectivity index (χ4v) is 4.22. The van der Waals surface area contributed by atoms with Crippen molar-refractivity contribution in [1.29, 1.82) is 0 Å². The Kier molecular flexibility index (Phi) is 8.77. The van der Waals surface area contributed by atoms with Crippen LogP contribution in [0, 0.1) is 0 Å². The lowest BCUT2D eigenvalue weighted by Gasteiger charge is -2.12. The van der Waals surface area contributed by atoms with Crippen LogP contribution in [-0.4, -0.2) is 43.2 Å². The molecule has 1 heterocycles. The number of methoxy groups -OCH3 is 2. The van der Waals surface area contributed by atoms with E-state index in [0.29, 0.717) is 28.2 Å². The van der Waals surface area contributed by atoms with Gasteiger partial charge in [-0.15, -0.1) is 10.2 Å². The van der Waals surface area contributed by atoms with Crippen molar-refractivity contribution in [2.24, 2.45) is 5.16 Å². The molecule has 4 aromatic rings. The van der Waals surface area contributed by atoms with Gasteiger partial charge in [-0.25, -0.2) is 4.79 Å². The molecule has 0 aliphatic carbocycles. The van der Waals surface area contributed by atoms with E-state index in [2.05, 4.69) is 15.4 Å². The van der Waals surface area contributed by atoms with Gasteiger partial charge in [0.1, 0.15) is 25.2 Å². The summed E-state index contributed by atoms with van der Waals surface area (Å²) in [5.74, 6) is 1.91. The molecule has 190 valence electrons. The van der Waals surface area contributed by atoms with Crippen LogP contribution in [0.2, 0.25) is 0 Å². The Morgan fingerprint density at radius 2 is 1.65 bits per heavy atom. The molecule has 0 aliphatic rings. The summed E-state index contributed by atoms with van der Waals surface area (Å²) in [7, 11) is 4.31. The van der Waals surface area contributed by atoms with Gasteiger partial charge in [-0.1, -0.05) is 59.4 Å². The first-order valence-corrected chi connectivity index (χ1v) is 12.2. The number of thioether (sulfide) groups is 1. The Hall–Kier alpha value is -4.31. The van der Waals surface area contributed by atoms with Crippen LogP contribution < -0.4 is 9.47 Å². The second kappa shape index (κ2) is 12.6. The van der Waals surface area contributed by atoms with E-state index < -0.39 is 5.97 Å². The Balaban J connectivity index is 1.40. The third kappa shape index (κ3) is 6.47. The van der Waals surface area contributed by atoms with Crippen molar-refractivity contribution in [1.82, 2.24) is 10.2 Å². The number of hydrogen-bond acceptors (Lipinski definition) is 10. The van der Waals surface area contributed by atoms with Crippen LogP contribution in [0.1, 0.15) is 16.7 Å². The van der Waals surface area contributed by atoms with E-state index in [1.807, 2.05) is 60.7 Å². The van der Waals surface area contributed by atoms with Gasteiger partial charge in [-0.2, -0.15) is 0 Å². The number of para-hydroxylation sites is 1. The van der Waals surface area contributed by atoms with E-state index in [9.17, 15) is 4.79 Å². The van der Waals surface area contributed by atoms with Crippen molar-refractivity contribution in [3.05, 3.63) is 89.5 Å². The van der Waals surface area contributed by atoms with Gasteiger partial charge in [0.25, 0.3) is 5.22 Å². The molecular formula is C27H25N3O6S. The third-order valence-corrected chi connectivity index (χ3v) is 6.15. The average Bonchev–Trinajstić information content (AvgIpc) is 3.43. The van der Waals surface area contributed by atoms with Gasteiger partial charge in [0.15, 0.2) is 5.71 Å². The van der Waals surface area contributed by atoms with Crippen LogP contribution in [0.4, 0.5) is 0 Å². The predicted molar refractivity (Wildman–Crippen MR) is 139 cm³/mol. The number of esters is 1. The largest absolute Gasteiger partial charge is 0.496 e. The molecule has 0 atom stereocenters. The zero-order valence-electron chi connectivity index (χ0n) is 20.5. The molecule has 0 aliphatic heterocycles. The number of hydrogen-bond donors (Lipinski definition) is 0. The van der Waals surface area contributed by atoms with Gasteiger partial charge in [0.2, 0.25) is 5.89 Å². The highest BCUT2D eigenvalue weighted by molar-refractivity contribution is 7.98. The first-order valence-electron chi connectivity index (χ1n) is 11.2. The van der Waals surface area contributed by atoms with Crippen molar-refractivity contribution >= 4 is 23.4 Å². The van der Waals surface area contributed by atoms with E-state index in [-0.39, 0.29) is 12.3 Å². The van der Waals surface area contributed by atoms with Crippen molar-refractivity contribution in [3.8, 4) is 23.0 Å². The molecule has 37 heavy (non-hydrogen) atoms. The molecule has 0 saturated carbocycles. The second-order valence-corrected chi connectivity index (χ2v) is 8.48. The zero-order chi connectivity index (χ0) is 26.0. The summed E-state index contributed by atoms with van der Waals surface area (Å²) in [4.78, 5) is 17.0. The molecule has 10 heteroatoms. The Morgan fingerprint density at radius 1 is 0.919 bits per heavy atom. The van der Waals surface area contributed by atoms with Crippen LogP contribution in [0.3, 0.4) is 0 Å². The lowest BCUT2D eigenvalue weighted by atomic mass is 10.0. The van der Waals surface area contributed by atoms with Gasteiger partial charge in [0.05, 0.1) is 14.2 Å². The highest BCUT2D eigenvalue weighted by Crippen LogP contribution is 2.29. The summed E-state index contributed by atoms with van der Waals surface area (Å²) in [6, 6.07) is 22.4. The molecule has 3 aromatic carbocycles. The normalized spacial score (nSPS) is 11.2. The lowest BCUT2D eigenvalue weighted by Crippen LogP contribution is -2.19. The quantitative estimate of drug-likeness (QED) is 0.115. The number of oxime groups is 1. The number of carbonyl (C=O) groups is 1. The van der Waals surface area contributed by atoms with Gasteiger partial charge in [-0.3, -0.25) is 0 Å². The summed E-state index contributed by atoms with van der Waals surface area (Å²) < 4.78 is 22.0. The summed E-state index contributed by atoms with van der Waals surface area (Å²) in [5.41, 5.74) is 3.20. The maximum Gasteiger partial charge on any atom is 0.360 e. The molecular weight excluding hydrogens is 494 g/mol. The molecule has 0 saturated heterocycles. The number of benzene rings is 3. The van der Waals surface area contributed by atoms with Crippen LogP contribution in [-0.2, 0) is 26.7 Å². The van der Waals surface area contributed by atoms with Crippen molar-refractivity contribution < 1.29 is 28.3 Å². The van der Waals surface area contributed by atoms with Crippen LogP contribution in [0.5, 0.6) is 11.5 Å². The Morgan fingerprint density at radius 3 is 2.38 bits per heavy atom. The van der Waals surface area contributed by atoms with Gasteiger partial charge in [-0.05, 0) is 35.9 Å². The molecule has 1 aromatic heterocycles. The topological polar surface area (TPSA) is 105 Å². The number of aromatic nitrogens is 2. The smallest absolute Gasteiger partial charge is 0.360 e. The summed E-state index contributed by atoms with van der Waals surface area (Å²) >= 11 is 1.44. The molecule has 4 rings (SSSR count). The van der Waals surface area contributed by atoms with Crippen LogP contribution in [0.25, 0.3) is 11.5 Å². The monoisotopic (exact) mass is 519 g/mol. The molecule has 0 unspecified atom stereocenters. The lowest BCUT2D eigenvalue weighted by molar-refractivity contribution is -0.132. The molecule has 0 bridgehead atoms. The fraction of sp³-hybridized carbons (Fsp3) is 0.185. The third-order valence-electron chi connectivity index (χ3n) is 5.28. The van der Waals surface area contributed by atoms with Crippen molar-refractivity contribution in [2.75, 3.05) is 21.3 Å². The molecule has 0 radical (unpaired) electrons. The highest BCUT2D eigenvalue weighted by Gasteiger charge is 2.19. The van der Waals surface area contributed by atoms with Crippen molar-refractivity contribution in [2.45, 2.75) is 17.6 Å². The average molecular weight is 520 g/mol. The molecule has 9 nitrogen and oxygen atoms in total. The van der Waals surface area contributed by atoms with E-state index in [4.69, 9.17) is 23.5 Å². The SMILES string of the molecule is CO/N=C(\C(=O)OC)c1ccccc1COc1ccc(-c2nnc(SCc3ccccc3OC)o2)cc1. The molecule has 0 N–H and O–H groups in total. The standard InChI is InChI=1S/C27H25N3O6S/c1-32-23-11-7-5-9-20(23)17-37-27-29-28-25(36-27)18-12-14-21(15-13-18)35-16-19-8-4-6-10-22(19)24(30-34-3)26(31)33-2/h4-15H,16-17H2,1-3H3/b30-24-. The Labute approximate surface area is 218 Å². The summed E-state index contributed by atoms with van der Waals surface area (Å²) in [6.45, 7) is 0.208. The number of nitrogens with zero attached hydrogens (tertiary/aromatic N) is 3. The van der Waals surface area contributed by atoms with Gasteiger partial charge >= 0.3 is 5.97 Å². The minimum atomic E-state index is -0.598. The van der Waals surface area contributed by atoms with E-state index in [1.54, 1.807) is 19.2 Å². The Bertz CT molecular complexity index is 1370. The molecule has 0 amide bonds. The van der Waals surface area contributed by atoms with E-state index in [0.717, 1.165) is 22.4 Å². The maximum absolute atomic E-state index is 12.1. The zero-order valence-corrected chi connectivity index (χ0v) is 21.4. The van der Waals surface area contributed by atoms with E-state index >= 15 is 0 Å². The highest BCUT2D eigenvalue weighted by atomic mass is 32.2. The van der Waals surface area contributed by atoms with Gasteiger partial charge in [0, 0.05) is 22.4 Å². The first-order chi connectivity index (χ1) is 18.1. The number of rotatable bonds is 11. The van der Waals surface area contributed by atoms with Gasteiger partial charge < -0.3 is 23.5 Å². The first kappa shape index (κ1) is 25.8. The van der Waals surface area contributed by atoms with Crippen molar-refractivity contribution in [3.63, 3.8) is 0 Å². The number of carbonyl (C=O) groups excluding carboxylic acids is 1. The van der Waals surface area contributed by atoms with Crippen LogP contribution in [0.15, 0.2) is 87.6 Å².